The second-order valence-electron chi connectivity index (χ2n) is 9.13. The van der Waals surface area contributed by atoms with Crippen molar-refractivity contribution < 1.29 is 14.6 Å². The SMILES string of the molecule is O=C1Oc2c(ccc(O)c2N=Nc2ccccc2)C2=CC(c3ccccc3)C(c3ccccc3)CC12. The Morgan fingerprint density at radius 1 is 0.750 bits per heavy atom. The highest BCUT2D eigenvalue weighted by molar-refractivity contribution is 5.98. The lowest BCUT2D eigenvalue weighted by atomic mass is 9.68. The van der Waals surface area contributed by atoms with E-state index in [1.807, 2.05) is 72.8 Å². The molecule has 1 aliphatic carbocycles. The Morgan fingerprint density at radius 2 is 1.39 bits per heavy atom. The number of ether oxygens (including phenoxy) is 1. The molecule has 1 N–H and O–H groups in total. The van der Waals surface area contributed by atoms with Gasteiger partial charge in [0.2, 0.25) is 0 Å². The fourth-order valence-corrected chi connectivity index (χ4v) is 5.26. The van der Waals surface area contributed by atoms with Gasteiger partial charge in [-0.05, 0) is 53.3 Å². The van der Waals surface area contributed by atoms with Gasteiger partial charge in [0.25, 0.3) is 0 Å². The first kappa shape index (κ1) is 22.0. The van der Waals surface area contributed by atoms with E-state index < -0.39 is 5.92 Å². The topological polar surface area (TPSA) is 71.2 Å². The van der Waals surface area contributed by atoms with Crippen LogP contribution in [0, 0.1) is 5.92 Å². The van der Waals surface area contributed by atoms with Crippen LogP contribution in [0.1, 0.15) is 34.9 Å². The van der Waals surface area contributed by atoms with Gasteiger partial charge in [-0.25, -0.2) is 0 Å². The maximum Gasteiger partial charge on any atom is 0.318 e. The van der Waals surface area contributed by atoms with Crippen molar-refractivity contribution in [3.63, 3.8) is 0 Å². The molecule has 176 valence electrons. The van der Waals surface area contributed by atoms with E-state index in [9.17, 15) is 9.90 Å². The maximum absolute atomic E-state index is 13.3. The van der Waals surface area contributed by atoms with Gasteiger partial charge in [-0.2, -0.15) is 5.11 Å². The average molecular weight is 473 g/mol. The maximum atomic E-state index is 13.3. The predicted octanol–water partition coefficient (Wildman–Crippen LogP) is 7.70. The number of allylic oxidation sites excluding steroid dienone is 1. The van der Waals surface area contributed by atoms with Gasteiger partial charge in [0.05, 0.1) is 11.6 Å². The monoisotopic (exact) mass is 472 g/mol. The summed E-state index contributed by atoms with van der Waals surface area (Å²) in [4.78, 5) is 13.3. The number of benzene rings is 4. The molecule has 36 heavy (non-hydrogen) atoms. The van der Waals surface area contributed by atoms with E-state index in [1.165, 1.54) is 11.1 Å². The third-order valence-corrected chi connectivity index (χ3v) is 7.00. The number of nitrogens with zero attached hydrogens (tertiary/aromatic N) is 2. The molecule has 0 saturated carbocycles. The molecule has 0 radical (unpaired) electrons. The molecule has 2 aliphatic rings. The average Bonchev–Trinajstić information content (AvgIpc) is 2.93. The van der Waals surface area contributed by atoms with Crippen LogP contribution in [0.5, 0.6) is 11.5 Å². The molecule has 5 nitrogen and oxygen atoms in total. The number of phenolic OH excluding ortho intramolecular Hbond substituents is 1. The lowest BCUT2D eigenvalue weighted by molar-refractivity contribution is -0.138. The summed E-state index contributed by atoms with van der Waals surface area (Å²) >= 11 is 0. The number of fused-ring (bicyclic) bond motifs is 3. The lowest BCUT2D eigenvalue weighted by Crippen LogP contribution is -2.32. The predicted molar refractivity (Wildman–Crippen MR) is 139 cm³/mol. The van der Waals surface area contributed by atoms with Crippen molar-refractivity contribution in [2.75, 3.05) is 0 Å². The standard InChI is InChI=1S/C31H24N2O3/c34-28-17-16-23-26-18-24(20-10-4-1-5-11-20)25(21-12-6-2-7-13-21)19-27(26)31(35)36-30(23)29(28)33-32-22-14-8-3-9-15-22/h1-18,24-25,27,34H,19H2. The number of azo groups is 1. The van der Waals surface area contributed by atoms with E-state index >= 15 is 0 Å². The minimum absolute atomic E-state index is 0.0850. The zero-order chi connectivity index (χ0) is 24.5. The molecule has 0 bridgehead atoms. The highest BCUT2D eigenvalue weighted by atomic mass is 16.5. The zero-order valence-corrected chi connectivity index (χ0v) is 19.5. The number of aromatic hydroxyl groups is 1. The second-order valence-corrected chi connectivity index (χ2v) is 9.13. The summed E-state index contributed by atoms with van der Waals surface area (Å²) in [6.45, 7) is 0. The molecule has 0 fully saturated rings. The van der Waals surface area contributed by atoms with Gasteiger partial charge in [0, 0.05) is 11.5 Å². The van der Waals surface area contributed by atoms with Crippen molar-refractivity contribution >= 4 is 22.9 Å². The van der Waals surface area contributed by atoms with Crippen LogP contribution in [0.4, 0.5) is 11.4 Å². The second kappa shape index (κ2) is 9.27. The molecule has 4 aromatic rings. The Balaban J connectivity index is 1.48. The third-order valence-electron chi connectivity index (χ3n) is 7.00. The highest BCUT2D eigenvalue weighted by Gasteiger charge is 2.42. The summed E-state index contributed by atoms with van der Waals surface area (Å²) in [6, 6.07) is 33.4. The Hall–Kier alpha value is -4.51. The van der Waals surface area contributed by atoms with Gasteiger partial charge in [-0.3, -0.25) is 4.79 Å². The van der Waals surface area contributed by atoms with Gasteiger partial charge in [0.15, 0.2) is 11.4 Å². The molecular formula is C31H24N2O3. The van der Waals surface area contributed by atoms with Crippen molar-refractivity contribution in [1.29, 1.82) is 0 Å². The Labute approximate surface area is 209 Å². The molecule has 0 spiro atoms. The molecule has 3 unspecified atom stereocenters. The van der Waals surface area contributed by atoms with Crippen LogP contribution in [-0.4, -0.2) is 11.1 Å². The Bertz CT molecular complexity index is 1460. The van der Waals surface area contributed by atoms with Crippen LogP contribution in [0.3, 0.4) is 0 Å². The van der Waals surface area contributed by atoms with Gasteiger partial charge in [-0.15, -0.1) is 5.11 Å². The molecule has 3 atom stereocenters. The van der Waals surface area contributed by atoms with Crippen molar-refractivity contribution in [1.82, 2.24) is 0 Å². The summed E-state index contributed by atoms with van der Waals surface area (Å²) in [5.41, 5.74) is 4.88. The van der Waals surface area contributed by atoms with Gasteiger partial charge in [0.1, 0.15) is 5.75 Å². The number of rotatable bonds is 4. The smallest absolute Gasteiger partial charge is 0.318 e. The zero-order valence-electron chi connectivity index (χ0n) is 19.5. The summed E-state index contributed by atoms with van der Waals surface area (Å²) in [5.74, 6) is -0.341. The molecular weight excluding hydrogens is 448 g/mol. The first-order valence-electron chi connectivity index (χ1n) is 12.1. The first-order valence-corrected chi connectivity index (χ1v) is 12.1. The number of hydrogen-bond donors (Lipinski definition) is 1. The number of phenols is 1. The molecule has 5 heteroatoms. The fourth-order valence-electron chi connectivity index (χ4n) is 5.26. The number of carbonyl (C=O) groups is 1. The van der Waals surface area contributed by atoms with Crippen LogP contribution in [-0.2, 0) is 4.79 Å². The number of esters is 1. The van der Waals surface area contributed by atoms with Crippen LogP contribution in [0.2, 0.25) is 0 Å². The molecule has 0 amide bonds. The summed E-state index contributed by atoms with van der Waals surface area (Å²) in [6.07, 6.45) is 2.84. The van der Waals surface area contributed by atoms with E-state index in [0.29, 0.717) is 12.1 Å². The van der Waals surface area contributed by atoms with Gasteiger partial charge < -0.3 is 9.84 Å². The van der Waals surface area contributed by atoms with Gasteiger partial charge >= 0.3 is 5.97 Å². The lowest BCUT2D eigenvalue weighted by Gasteiger charge is -2.38. The largest absolute Gasteiger partial charge is 0.505 e. The highest BCUT2D eigenvalue weighted by Crippen LogP contribution is 2.54. The summed E-state index contributed by atoms with van der Waals surface area (Å²) < 4.78 is 5.83. The molecule has 6 rings (SSSR count). The molecule has 0 saturated heterocycles. The first-order chi connectivity index (χ1) is 17.7. The van der Waals surface area contributed by atoms with Crippen molar-refractivity contribution in [2.45, 2.75) is 18.3 Å². The summed E-state index contributed by atoms with van der Waals surface area (Å²) in [5, 5.41) is 19.1. The molecule has 1 heterocycles. The van der Waals surface area contributed by atoms with Crippen LogP contribution < -0.4 is 4.74 Å². The number of hydrogen-bond acceptors (Lipinski definition) is 5. The van der Waals surface area contributed by atoms with E-state index in [4.69, 9.17) is 4.74 Å². The fraction of sp³-hybridized carbons (Fsp3) is 0.129. The normalized spacial score (nSPS) is 20.8. The minimum Gasteiger partial charge on any atom is -0.505 e. The van der Waals surface area contributed by atoms with Crippen molar-refractivity contribution in [3.05, 3.63) is 126 Å². The third kappa shape index (κ3) is 3.99. The molecule has 4 aromatic carbocycles. The number of carbonyl (C=O) groups excluding carboxylic acids is 1. The van der Waals surface area contributed by atoms with Crippen molar-refractivity contribution in [2.24, 2.45) is 16.1 Å². The van der Waals surface area contributed by atoms with E-state index in [0.717, 1.165) is 11.1 Å². The minimum atomic E-state index is -0.397. The van der Waals surface area contributed by atoms with Crippen molar-refractivity contribution in [3.8, 4) is 11.5 Å². The molecule has 0 aromatic heterocycles. The van der Waals surface area contributed by atoms with E-state index in [-0.39, 0.29) is 35.0 Å². The Kier molecular flexibility index (Phi) is 5.66. The van der Waals surface area contributed by atoms with Crippen LogP contribution in [0.15, 0.2) is 119 Å². The van der Waals surface area contributed by atoms with Gasteiger partial charge in [-0.1, -0.05) is 84.9 Å². The Morgan fingerprint density at radius 3 is 2.08 bits per heavy atom. The van der Waals surface area contributed by atoms with Crippen LogP contribution in [0.25, 0.3) is 5.57 Å². The van der Waals surface area contributed by atoms with E-state index in [1.54, 1.807) is 6.07 Å². The quantitative estimate of drug-likeness (QED) is 0.188. The van der Waals surface area contributed by atoms with Crippen LogP contribution >= 0.6 is 0 Å². The molecule has 1 aliphatic heterocycles. The van der Waals surface area contributed by atoms with E-state index in [2.05, 4.69) is 40.6 Å². The summed E-state index contributed by atoms with van der Waals surface area (Å²) in [7, 11) is 0.